The van der Waals surface area contributed by atoms with E-state index in [4.69, 9.17) is 0 Å². The number of benzene rings is 1. The highest BCUT2D eigenvalue weighted by Gasteiger charge is 2.18. The molecule has 21 heavy (non-hydrogen) atoms. The molecule has 1 unspecified atom stereocenters. The molecule has 1 aromatic carbocycles. The maximum atomic E-state index is 13.7. The lowest BCUT2D eigenvalue weighted by Crippen LogP contribution is -2.02. The summed E-state index contributed by atoms with van der Waals surface area (Å²) in [5.41, 5.74) is 1.69. The second-order valence-electron chi connectivity index (χ2n) is 5.61. The predicted octanol–water partition coefficient (Wildman–Crippen LogP) is 4.57. The molecule has 1 aliphatic carbocycles. The van der Waals surface area contributed by atoms with Gasteiger partial charge in [-0.2, -0.15) is 0 Å². The number of hydrogen-bond donors (Lipinski definition) is 1. The maximum Gasteiger partial charge on any atom is 0.129 e. The molecule has 0 fully saturated rings. The van der Waals surface area contributed by atoms with E-state index in [0.717, 1.165) is 23.8 Å². The van der Waals surface area contributed by atoms with Gasteiger partial charge >= 0.3 is 0 Å². The summed E-state index contributed by atoms with van der Waals surface area (Å²) in [7, 11) is 0. The smallest absolute Gasteiger partial charge is 0.129 e. The number of aryl methyl sites for hydroxylation is 2. The zero-order chi connectivity index (χ0) is 14.8. The molecule has 0 radical (unpaired) electrons. The first-order valence-corrected chi connectivity index (χ1v) is 8.18. The van der Waals surface area contributed by atoms with Gasteiger partial charge in [0.25, 0.3) is 0 Å². The number of aliphatic hydroxyl groups is 1. The van der Waals surface area contributed by atoms with Crippen molar-refractivity contribution in [2.24, 2.45) is 0 Å². The van der Waals surface area contributed by atoms with Crippen LogP contribution in [0.15, 0.2) is 24.3 Å². The molecule has 0 aliphatic heterocycles. The molecule has 0 spiro atoms. The fraction of sp³-hybridized carbons (Fsp3) is 0.412. The van der Waals surface area contributed by atoms with Crippen molar-refractivity contribution in [3.63, 3.8) is 0 Å². The first kappa shape index (κ1) is 14.7. The highest BCUT2D eigenvalue weighted by atomic mass is 32.1. The van der Waals surface area contributed by atoms with Crippen LogP contribution in [-0.2, 0) is 19.3 Å². The van der Waals surface area contributed by atoms with Crippen molar-refractivity contribution in [1.82, 2.24) is 0 Å². The Bertz CT molecular complexity index is 612. The van der Waals surface area contributed by atoms with E-state index in [2.05, 4.69) is 6.07 Å². The van der Waals surface area contributed by atoms with Gasteiger partial charge in [0.15, 0.2) is 0 Å². The van der Waals surface area contributed by atoms with E-state index in [0.29, 0.717) is 5.56 Å². The third-order valence-electron chi connectivity index (χ3n) is 4.02. The maximum absolute atomic E-state index is 13.7. The normalized spacial score (nSPS) is 16.3. The average Bonchev–Trinajstić information content (AvgIpc) is 2.73. The highest BCUT2D eigenvalue weighted by molar-refractivity contribution is 7.12. The molecule has 0 saturated heterocycles. The van der Waals surface area contributed by atoms with Crippen LogP contribution in [0.5, 0.6) is 0 Å². The van der Waals surface area contributed by atoms with E-state index in [-0.39, 0.29) is 6.42 Å². The van der Waals surface area contributed by atoms with E-state index in [1.807, 2.05) is 0 Å². The quantitative estimate of drug-likeness (QED) is 0.823. The number of aliphatic hydroxyl groups excluding tert-OH is 1. The first-order chi connectivity index (χ1) is 10.1. The summed E-state index contributed by atoms with van der Waals surface area (Å²) in [6.45, 7) is 0. The molecule has 112 valence electrons. The summed E-state index contributed by atoms with van der Waals surface area (Å²) in [5.74, 6) is -1.18. The van der Waals surface area contributed by atoms with E-state index in [1.165, 1.54) is 41.8 Å². The Kier molecular flexibility index (Phi) is 4.36. The van der Waals surface area contributed by atoms with Gasteiger partial charge in [-0.05, 0) is 48.9 Å². The summed E-state index contributed by atoms with van der Waals surface area (Å²) >= 11 is 1.64. The molecule has 1 N–H and O–H groups in total. The molecular formula is C17H18F2OS. The molecule has 3 rings (SSSR count). The van der Waals surface area contributed by atoms with Crippen molar-refractivity contribution in [1.29, 1.82) is 0 Å². The Morgan fingerprint density at radius 3 is 2.71 bits per heavy atom. The standard InChI is InChI=1S/C17H18F2OS/c18-13-7-6-11(14(19)10-13)8-15(20)17-9-12-4-2-1-3-5-16(12)21-17/h6-7,9-10,15,20H,1-5,8H2. The molecule has 1 aromatic heterocycles. The van der Waals surface area contributed by atoms with Gasteiger partial charge in [-0.3, -0.25) is 0 Å². The Hall–Kier alpha value is -1.26. The number of thiophene rings is 1. The van der Waals surface area contributed by atoms with E-state index in [9.17, 15) is 13.9 Å². The zero-order valence-electron chi connectivity index (χ0n) is 11.7. The van der Waals surface area contributed by atoms with Crippen molar-refractivity contribution in [2.75, 3.05) is 0 Å². The lowest BCUT2D eigenvalue weighted by Gasteiger charge is -2.09. The molecule has 4 heteroatoms. The van der Waals surface area contributed by atoms with Gasteiger partial charge in [0, 0.05) is 22.2 Å². The molecule has 1 nitrogen and oxygen atoms in total. The third kappa shape index (κ3) is 3.33. The van der Waals surface area contributed by atoms with Gasteiger partial charge in [0.05, 0.1) is 6.10 Å². The molecule has 0 bridgehead atoms. The first-order valence-electron chi connectivity index (χ1n) is 7.37. The number of hydrogen-bond acceptors (Lipinski definition) is 2. The van der Waals surface area contributed by atoms with Crippen LogP contribution in [-0.4, -0.2) is 5.11 Å². The predicted molar refractivity (Wildman–Crippen MR) is 80.6 cm³/mol. The van der Waals surface area contributed by atoms with Crippen LogP contribution in [0, 0.1) is 11.6 Å². The van der Waals surface area contributed by atoms with Gasteiger partial charge in [0.1, 0.15) is 11.6 Å². The van der Waals surface area contributed by atoms with Crippen molar-refractivity contribution in [3.8, 4) is 0 Å². The number of rotatable bonds is 3. The Morgan fingerprint density at radius 1 is 1.10 bits per heavy atom. The van der Waals surface area contributed by atoms with E-state index >= 15 is 0 Å². The number of fused-ring (bicyclic) bond motifs is 1. The van der Waals surface area contributed by atoms with E-state index in [1.54, 1.807) is 11.3 Å². The third-order valence-corrected chi connectivity index (χ3v) is 5.36. The monoisotopic (exact) mass is 308 g/mol. The lowest BCUT2D eigenvalue weighted by molar-refractivity contribution is 0.181. The number of halogens is 2. The molecule has 1 aliphatic rings. The highest BCUT2D eigenvalue weighted by Crippen LogP contribution is 2.33. The summed E-state index contributed by atoms with van der Waals surface area (Å²) < 4.78 is 26.6. The van der Waals surface area contributed by atoms with Crippen molar-refractivity contribution >= 4 is 11.3 Å². The van der Waals surface area contributed by atoms with E-state index < -0.39 is 17.7 Å². The fourth-order valence-electron chi connectivity index (χ4n) is 2.85. The molecular weight excluding hydrogens is 290 g/mol. The molecule has 0 amide bonds. The summed E-state index contributed by atoms with van der Waals surface area (Å²) in [6, 6.07) is 5.57. The Balaban J connectivity index is 1.77. The van der Waals surface area contributed by atoms with Crippen molar-refractivity contribution < 1.29 is 13.9 Å². The minimum absolute atomic E-state index is 0.186. The van der Waals surface area contributed by atoms with Gasteiger partial charge in [-0.25, -0.2) is 8.78 Å². The van der Waals surface area contributed by atoms with Gasteiger partial charge in [-0.15, -0.1) is 11.3 Å². The summed E-state index contributed by atoms with van der Waals surface area (Å²) in [4.78, 5) is 2.26. The molecule has 1 atom stereocenters. The molecule has 2 aromatic rings. The summed E-state index contributed by atoms with van der Waals surface area (Å²) in [5, 5.41) is 10.3. The van der Waals surface area contributed by atoms with Crippen LogP contribution in [0.4, 0.5) is 8.78 Å². The Labute approximate surface area is 127 Å². The van der Waals surface area contributed by atoms with Crippen LogP contribution >= 0.6 is 11.3 Å². The van der Waals surface area contributed by atoms with Crippen LogP contribution < -0.4 is 0 Å². The van der Waals surface area contributed by atoms with Crippen LogP contribution in [0.2, 0.25) is 0 Å². The van der Waals surface area contributed by atoms with Crippen LogP contribution in [0.25, 0.3) is 0 Å². The van der Waals surface area contributed by atoms with Gasteiger partial charge < -0.3 is 5.11 Å². The second kappa shape index (κ2) is 6.24. The second-order valence-corrected chi connectivity index (χ2v) is 6.78. The zero-order valence-corrected chi connectivity index (χ0v) is 12.6. The molecule has 1 heterocycles. The fourth-order valence-corrected chi connectivity index (χ4v) is 4.09. The largest absolute Gasteiger partial charge is 0.387 e. The van der Waals surface area contributed by atoms with Crippen LogP contribution in [0.3, 0.4) is 0 Å². The topological polar surface area (TPSA) is 20.2 Å². The summed E-state index contributed by atoms with van der Waals surface area (Å²) in [6.07, 6.45) is 5.29. The average molecular weight is 308 g/mol. The van der Waals surface area contributed by atoms with Gasteiger partial charge in [-0.1, -0.05) is 12.5 Å². The minimum Gasteiger partial charge on any atom is -0.387 e. The van der Waals surface area contributed by atoms with Crippen molar-refractivity contribution in [2.45, 2.75) is 44.6 Å². The lowest BCUT2D eigenvalue weighted by atomic mass is 10.0. The van der Waals surface area contributed by atoms with Crippen molar-refractivity contribution in [3.05, 3.63) is 56.8 Å². The molecule has 0 saturated carbocycles. The van der Waals surface area contributed by atoms with Crippen LogP contribution in [0.1, 0.15) is 46.2 Å². The Morgan fingerprint density at radius 2 is 1.90 bits per heavy atom. The van der Waals surface area contributed by atoms with Gasteiger partial charge in [0.2, 0.25) is 0 Å². The SMILES string of the molecule is OC(Cc1ccc(F)cc1F)c1cc2c(s1)CCCCC2. The minimum atomic E-state index is -0.720.